The molecule has 0 spiro atoms. The summed E-state index contributed by atoms with van der Waals surface area (Å²) in [6.45, 7) is 1.71. The number of nitrogens with zero attached hydrogens (tertiary/aromatic N) is 2. The molecule has 7 heteroatoms. The van der Waals surface area contributed by atoms with Gasteiger partial charge in [-0.25, -0.2) is 0 Å². The number of rotatable bonds is 8. The van der Waals surface area contributed by atoms with Crippen molar-refractivity contribution in [1.82, 2.24) is 15.1 Å². The number of amides is 2. The Morgan fingerprint density at radius 2 is 1.86 bits per heavy atom. The van der Waals surface area contributed by atoms with E-state index in [1.165, 1.54) is 5.56 Å². The molecular formula is C29H28N4O3. The summed E-state index contributed by atoms with van der Waals surface area (Å²) in [5, 5.41) is 10.1. The van der Waals surface area contributed by atoms with E-state index in [1.54, 1.807) is 30.5 Å². The fourth-order valence-electron chi connectivity index (χ4n) is 4.35. The summed E-state index contributed by atoms with van der Waals surface area (Å²) >= 11 is 0. The molecule has 4 aromatic rings. The number of ether oxygens (including phenoxy) is 1. The first kappa shape index (κ1) is 23.5. The van der Waals surface area contributed by atoms with Gasteiger partial charge in [-0.2, -0.15) is 5.10 Å². The van der Waals surface area contributed by atoms with Crippen molar-refractivity contribution in [3.8, 4) is 11.1 Å². The van der Waals surface area contributed by atoms with Gasteiger partial charge in [-0.15, -0.1) is 0 Å². The second kappa shape index (κ2) is 11.0. The number of hydrogen-bond acceptors (Lipinski definition) is 4. The Kier molecular flexibility index (Phi) is 7.19. The molecule has 1 unspecified atom stereocenters. The largest absolute Gasteiger partial charge is 0.368 e. The van der Waals surface area contributed by atoms with Crippen LogP contribution >= 0.6 is 0 Å². The van der Waals surface area contributed by atoms with Crippen molar-refractivity contribution in [2.24, 2.45) is 0 Å². The molecule has 1 aliphatic rings. The quantitative estimate of drug-likeness (QED) is 0.385. The minimum atomic E-state index is -0.418. The number of nitrogens with one attached hydrogen (secondary N) is 2. The average molecular weight is 481 g/mol. The molecule has 1 atom stereocenters. The highest BCUT2D eigenvalue weighted by molar-refractivity contribution is 5.98. The molecule has 2 heterocycles. The summed E-state index contributed by atoms with van der Waals surface area (Å²) in [5.41, 5.74) is 5.41. The van der Waals surface area contributed by atoms with E-state index in [9.17, 15) is 9.59 Å². The number of aromatic nitrogens is 2. The second-order valence-electron chi connectivity index (χ2n) is 8.81. The van der Waals surface area contributed by atoms with Crippen LogP contribution < -0.4 is 10.6 Å². The van der Waals surface area contributed by atoms with E-state index >= 15 is 0 Å². The number of benzene rings is 3. The smallest absolute Gasteiger partial charge is 0.253 e. The van der Waals surface area contributed by atoms with E-state index in [2.05, 4.69) is 46.1 Å². The molecule has 3 aromatic carbocycles. The predicted molar refractivity (Wildman–Crippen MR) is 138 cm³/mol. The maximum atomic E-state index is 12.9. The van der Waals surface area contributed by atoms with Crippen LogP contribution in [0.1, 0.15) is 34.3 Å². The van der Waals surface area contributed by atoms with Crippen molar-refractivity contribution < 1.29 is 14.3 Å². The minimum Gasteiger partial charge on any atom is -0.368 e. The molecule has 36 heavy (non-hydrogen) atoms. The van der Waals surface area contributed by atoms with Gasteiger partial charge in [0.1, 0.15) is 6.10 Å². The predicted octanol–water partition coefficient (Wildman–Crippen LogP) is 4.65. The van der Waals surface area contributed by atoms with Crippen molar-refractivity contribution >= 4 is 17.5 Å². The minimum absolute atomic E-state index is 0.172. The van der Waals surface area contributed by atoms with Gasteiger partial charge in [0.25, 0.3) is 11.8 Å². The van der Waals surface area contributed by atoms with Gasteiger partial charge >= 0.3 is 0 Å². The van der Waals surface area contributed by atoms with Gasteiger partial charge < -0.3 is 15.4 Å². The fraction of sp³-hybridized carbons (Fsp3) is 0.207. The summed E-state index contributed by atoms with van der Waals surface area (Å²) in [4.78, 5) is 25.2. The van der Waals surface area contributed by atoms with Crippen molar-refractivity contribution in [1.29, 1.82) is 0 Å². The SMILES string of the molecule is O=C(NCc1ccccc1-c1ccc(Cn2cccn2)cc1)c1cccc(NC(=O)C2CCCO2)c1. The molecular weight excluding hydrogens is 452 g/mol. The number of carbonyl (C=O) groups excluding carboxylic acids is 2. The first-order chi connectivity index (χ1) is 17.7. The third-order valence-electron chi connectivity index (χ3n) is 6.24. The lowest BCUT2D eigenvalue weighted by atomic mass is 9.98. The Balaban J connectivity index is 1.23. The lowest BCUT2D eigenvalue weighted by Crippen LogP contribution is -2.27. The maximum Gasteiger partial charge on any atom is 0.253 e. The number of hydrogen-bond donors (Lipinski definition) is 2. The monoisotopic (exact) mass is 480 g/mol. The molecule has 0 aliphatic carbocycles. The molecule has 1 saturated heterocycles. The molecule has 1 aliphatic heterocycles. The highest BCUT2D eigenvalue weighted by atomic mass is 16.5. The van der Waals surface area contributed by atoms with E-state index in [0.29, 0.717) is 24.4 Å². The Bertz CT molecular complexity index is 1330. The Hall–Kier alpha value is -4.23. The molecule has 7 nitrogen and oxygen atoms in total. The highest BCUT2D eigenvalue weighted by Gasteiger charge is 2.23. The van der Waals surface area contributed by atoms with Crippen LogP contribution in [0.3, 0.4) is 0 Å². The molecule has 1 aromatic heterocycles. The number of anilines is 1. The zero-order valence-corrected chi connectivity index (χ0v) is 19.9. The van der Waals surface area contributed by atoms with Crippen LogP contribution in [0.4, 0.5) is 5.69 Å². The molecule has 2 amide bonds. The molecule has 182 valence electrons. The summed E-state index contributed by atoms with van der Waals surface area (Å²) in [6, 6.07) is 25.3. The molecule has 5 rings (SSSR count). The molecule has 0 bridgehead atoms. The van der Waals surface area contributed by atoms with Crippen LogP contribution in [0.5, 0.6) is 0 Å². The zero-order valence-electron chi connectivity index (χ0n) is 19.9. The van der Waals surface area contributed by atoms with Crippen molar-refractivity contribution in [3.05, 3.63) is 108 Å². The zero-order chi connectivity index (χ0) is 24.7. The first-order valence-electron chi connectivity index (χ1n) is 12.1. The fourth-order valence-corrected chi connectivity index (χ4v) is 4.35. The van der Waals surface area contributed by atoms with Crippen molar-refractivity contribution in [2.45, 2.75) is 32.0 Å². The third kappa shape index (κ3) is 5.70. The first-order valence-corrected chi connectivity index (χ1v) is 12.1. The van der Waals surface area contributed by atoms with E-state index in [-0.39, 0.29) is 11.8 Å². The van der Waals surface area contributed by atoms with E-state index in [1.807, 2.05) is 35.1 Å². The highest BCUT2D eigenvalue weighted by Crippen LogP contribution is 2.24. The van der Waals surface area contributed by atoms with Gasteiger partial charge in [-0.1, -0.05) is 54.6 Å². The van der Waals surface area contributed by atoms with Crippen molar-refractivity contribution in [3.63, 3.8) is 0 Å². The normalized spacial score (nSPS) is 14.9. The summed E-state index contributed by atoms with van der Waals surface area (Å²) in [6.07, 6.45) is 4.91. The Labute approximate surface area is 210 Å². The van der Waals surface area contributed by atoms with Crippen LogP contribution in [0.15, 0.2) is 91.3 Å². The molecule has 0 saturated carbocycles. The standard InChI is InChI=1S/C29H28N4O3/c34-28(23-7-3-8-25(18-23)32-29(35)27-10-4-17-36-27)30-19-24-6-1-2-9-26(24)22-13-11-21(12-14-22)20-33-16-5-15-31-33/h1-3,5-9,11-16,18,27H,4,10,17,19-20H2,(H,30,34)(H,32,35). The van der Waals surface area contributed by atoms with Crippen LogP contribution in [0, 0.1) is 0 Å². The van der Waals surface area contributed by atoms with Gasteiger partial charge in [0.2, 0.25) is 0 Å². The van der Waals surface area contributed by atoms with Gasteiger partial charge in [0.05, 0.1) is 6.54 Å². The molecule has 1 fully saturated rings. The van der Waals surface area contributed by atoms with Crippen LogP contribution in [0.25, 0.3) is 11.1 Å². The molecule has 2 N–H and O–H groups in total. The van der Waals surface area contributed by atoms with Gasteiger partial charge in [-0.05, 0) is 59.4 Å². The van der Waals surface area contributed by atoms with Gasteiger partial charge in [0, 0.05) is 36.8 Å². The van der Waals surface area contributed by atoms with E-state index in [0.717, 1.165) is 36.1 Å². The summed E-state index contributed by atoms with van der Waals surface area (Å²) in [5.74, 6) is -0.373. The van der Waals surface area contributed by atoms with Crippen LogP contribution in [-0.2, 0) is 22.6 Å². The van der Waals surface area contributed by atoms with E-state index < -0.39 is 6.10 Å². The van der Waals surface area contributed by atoms with Crippen molar-refractivity contribution in [2.75, 3.05) is 11.9 Å². The molecule has 0 radical (unpaired) electrons. The van der Waals surface area contributed by atoms with Gasteiger partial charge in [-0.3, -0.25) is 14.3 Å². The Morgan fingerprint density at radius 3 is 2.64 bits per heavy atom. The van der Waals surface area contributed by atoms with E-state index in [4.69, 9.17) is 4.74 Å². The summed E-state index contributed by atoms with van der Waals surface area (Å²) < 4.78 is 7.32. The maximum absolute atomic E-state index is 12.9. The lowest BCUT2D eigenvalue weighted by molar-refractivity contribution is -0.124. The Morgan fingerprint density at radius 1 is 1.00 bits per heavy atom. The second-order valence-corrected chi connectivity index (χ2v) is 8.81. The lowest BCUT2D eigenvalue weighted by Gasteiger charge is -2.13. The topological polar surface area (TPSA) is 85.3 Å². The van der Waals surface area contributed by atoms with Gasteiger partial charge in [0.15, 0.2) is 0 Å². The van der Waals surface area contributed by atoms with Crippen LogP contribution in [-0.4, -0.2) is 34.3 Å². The van der Waals surface area contributed by atoms with Crippen LogP contribution in [0.2, 0.25) is 0 Å². The third-order valence-corrected chi connectivity index (χ3v) is 6.24. The summed E-state index contributed by atoms with van der Waals surface area (Å²) in [7, 11) is 0. The average Bonchev–Trinajstić information content (AvgIpc) is 3.63. The number of carbonyl (C=O) groups is 2.